The van der Waals surface area contributed by atoms with Crippen molar-refractivity contribution in [3.8, 4) is 22.6 Å². The fraction of sp³-hybridized carbons (Fsp3) is 0.238. The lowest BCUT2D eigenvalue weighted by Crippen LogP contribution is -2.54. The normalized spacial score (nSPS) is 17.4. The van der Waals surface area contributed by atoms with Gasteiger partial charge in [0.2, 0.25) is 11.8 Å². The summed E-state index contributed by atoms with van der Waals surface area (Å²) < 4.78 is 8.08. The van der Waals surface area contributed by atoms with Crippen LogP contribution in [0, 0.1) is 13.8 Å². The molecule has 14 nitrogen and oxygen atoms in total. The number of imide groups is 2. The fourth-order valence-corrected chi connectivity index (χ4v) is 7.69. The SMILES string of the molecule is Cc1ccc(Oc2ccc(Nc3ncnc4ccc(-c5cnn(C6CCN(c7ccc8c(c7)C(=O)N(C7CCC(=O)NC7=O)C8=O)CC6)c5)cc34)cc2C)cn1. The van der Waals surface area contributed by atoms with Crippen LogP contribution in [0.15, 0.2) is 91.6 Å². The van der Waals surface area contributed by atoms with Gasteiger partial charge in [0.1, 0.15) is 29.7 Å². The zero-order chi connectivity index (χ0) is 38.5. The Kier molecular flexibility index (Phi) is 8.72. The summed E-state index contributed by atoms with van der Waals surface area (Å²) in [6.45, 7) is 5.40. The number of anilines is 3. The highest BCUT2D eigenvalue weighted by atomic mass is 16.5. The molecular formula is C42H37N9O5. The smallest absolute Gasteiger partial charge is 0.262 e. The molecule has 2 fully saturated rings. The molecule has 0 saturated carbocycles. The number of amides is 4. The first-order valence-corrected chi connectivity index (χ1v) is 18.6. The van der Waals surface area contributed by atoms with E-state index in [1.165, 1.54) is 0 Å². The molecular weight excluding hydrogens is 711 g/mol. The average molecular weight is 748 g/mol. The minimum absolute atomic E-state index is 0.0816. The van der Waals surface area contributed by atoms with Crippen LogP contribution in [0.1, 0.15) is 63.7 Å². The number of aromatic nitrogens is 5. The number of benzene rings is 3. The van der Waals surface area contributed by atoms with E-state index in [4.69, 9.17) is 9.84 Å². The van der Waals surface area contributed by atoms with E-state index in [2.05, 4.69) is 42.7 Å². The van der Waals surface area contributed by atoms with Gasteiger partial charge in [0.25, 0.3) is 11.8 Å². The number of carbonyl (C=O) groups is 4. The standard InChI is InChI=1S/C42H37N9O5/c1-24-17-28(5-11-37(24)56-31-7-3-25(2)43-21-31)47-39-34-18-26(4-9-35(34)44-23-45-39)27-20-46-50(22-27)29-13-15-49(16-14-29)30-6-8-32-33(19-30)42(55)51(41(32)54)36-10-12-38(52)48-40(36)53/h3-9,11,17-23,29,36H,10,12-16H2,1-2H3,(H,44,45,47)(H,48,52,53). The van der Waals surface area contributed by atoms with Crippen molar-refractivity contribution in [2.75, 3.05) is 23.3 Å². The summed E-state index contributed by atoms with van der Waals surface area (Å²) in [5, 5.41) is 11.3. The van der Waals surface area contributed by atoms with Gasteiger partial charge in [0.05, 0.1) is 35.1 Å². The summed E-state index contributed by atoms with van der Waals surface area (Å²) >= 11 is 0. The number of hydrogen-bond donors (Lipinski definition) is 2. The highest BCUT2D eigenvalue weighted by Crippen LogP contribution is 2.35. The number of aryl methyl sites for hydroxylation is 2. The first kappa shape index (κ1) is 34.8. The average Bonchev–Trinajstić information content (AvgIpc) is 3.79. The highest BCUT2D eigenvalue weighted by molar-refractivity contribution is 6.23. The molecule has 4 amide bonds. The van der Waals surface area contributed by atoms with E-state index in [0.29, 0.717) is 11.6 Å². The van der Waals surface area contributed by atoms with Crippen molar-refractivity contribution < 1.29 is 23.9 Å². The summed E-state index contributed by atoms with van der Waals surface area (Å²) in [7, 11) is 0. The van der Waals surface area contributed by atoms with Crippen LogP contribution in [0.5, 0.6) is 11.5 Å². The molecule has 0 radical (unpaired) electrons. The minimum Gasteiger partial charge on any atom is -0.455 e. The van der Waals surface area contributed by atoms with Gasteiger partial charge in [-0.1, -0.05) is 6.07 Å². The topological polar surface area (TPSA) is 165 Å². The molecule has 3 aliphatic rings. The number of nitrogens with zero attached hydrogens (tertiary/aromatic N) is 7. The van der Waals surface area contributed by atoms with E-state index >= 15 is 0 Å². The third-order valence-corrected chi connectivity index (χ3v) is 10.7. The molecule has 0 bridgehead atoms. The Morgan fingerprint density at radius 2 is 1.64 bits per heavy atom. The molecule has 9 rings (SSSR count). The molecule has 6 aromatic rings. The van der Waals surface area contributed by atoms with Crippen LogP contribution in [-0.4, -0.2) is 72.4 Å². The predicted molar refractivity (Wildman–Crippen MR) is 208 cm³/mol. The Bertz CT molecular complexity index is 2560. The summed E-state index contributed by atoms with van der Waals surface area (Å²) in [4.78, 5) is 67.2. The van der Waals surface area contributed by atoms with E-state index in [0.717, 1.165) is 81.2 Å². The van der Waals surface area contributed by atoms with E-state index in [1.807, 2.05) is 73.3 Å². The summed E-state index contributed by atoms with van der Waals surface area (Å²) in [5.74, 6) is 0.0869. The molecule has 14 heteroatoms. The third kappa shape index (κ3) is 6.48. The number of fused-ring (bicyclic) bond motifs is 2. The van der Waals surface area contributed by atoms with Crippen LogP contribution >= 0.6 is 0 Å². The Labute approximate surface area is 321 Å². The van der Waals surface area contributed by atoms with Crippen LogP contribution in [-0.2, 0) is 9.59 Å². The van der Waals surface area contributed by atoms with Crippen molar-refractivity contribution in [3.05, 3.63) is 114 Å². The van der Waals surface area contributed by atoms with E-state index in [-0.39, 0.29) is 30.0 Å². The van der Waals surface area contributed by atoms with Crippen molar-refractivity contribution in [3.63, 3.8) is 0 Å². The molecule has 3 aromatic heterocycles. The fourth-order valence-electron chi connectivity index (χ4n) is 7.69. The van der Waals surface area contributed by atoms with Crippen molar-refractivity contribution in [2.24, 2.45) is 0 Å². The minimum atomic E-state index is -0.989. The van der Waals surface area contributed by atoms with Gasteiger partial charge in [-0.05, 0) is 105 Å². The number of piperidine rings is 2. The highest BCUT2D eigenvalue weighted by Gasteiger charge is 2.44. The maximum atomic E-state index is 13.4. The lowest BCUT2D eigenvalue weighted by atomic mass is 10.0. The molecule has 56 heavy (non-hydrogen) atoms. The Morgan fingerprint density at radius 1 is 0.804 bits per heavy atom. The largest absolute Gasteiger partial charge is 0.455 e. The number of rotatable bonds is 8. The second-order valence-electron chi connectivity index (χ2n) is 14.4. The van der Waals surface area contributed by atoms with Crippen molar-refractivity contribution in [2.45, 2.75) is 51.6 Å². The molecule has 0 aliphatic carbocycles. The van der Waals surface area contributed by atoms with Crippen molar-refractivity contribution in [1.82, 2.24) is 34.9 Å². The Morgan fingerprint density at radius 3 is 2.43 bits per heavy atom. The Hall–Kier alpha value is -6.96. The number of hydrogen-bond acceptors (Lipinski definition) is 11. The number of carbonyl (C=O) groups excluding carboxylic acids is 4. The van der Waals surface area contributed by atoms with E-state index < -0.39 is 29.7 Å². The second kappa shape index (κ2) is 14.0. The van der Waals surface area contributed by atoms with Gasteiger partial charge in [-0.25, -0.2) is 9.97 Å². The van der Waals surface area contributed by atoms with Gasteiger partial charge in [-0.15, -0.1) is 0 Å². The first-order valence-electron chi connectivity index (χ1n) is 18.6. The zero-order valence-electron chi connectivity index (χ0n) is 30.7. The molecule has 2 saturated heterocycles. The molecule has 6 heterocycles. The Balaban J connectivity index is 0.865. The monoisotopic (exact) mass is 747 g/mol. The quantitative estimate of drug-likeness (QED) is 0.168. The molecule has 3 aliphatic heterocycles. The number of nitrogens with one attached hydrogen (secondary N) is 2. The summed E-state index contributed by atoms with van der Waals surface area (Å²) in [5.41, 5.74) is 6.96. The summed E-state index contributed by atoms with van der Waals surface area (Å²) in [6, 6.07) is 20.3. The molecule has 3 aromatic carbocycles. The molecule has 1 unspecified atom stereocenters. The lowest BCUT2D eigenvalue weighted by molar-refractivity contribution is -0.136. The van der Waals surface area contributed by atoms with E-state index in [1.54, 1.807) is 24.7 Å². The lowest BCUT2D eigenvalue weighted by Gasteiger charge is -2.33. The van der Waals surface area contributed by atoms with Crippen LogP contribution in [0.25, 0.3) is 22.0 Å². The number of ether oxygens (including phenoxy) is 1. The number of pyridine rings is 1. The zero-order valence-corrected chi connectivity index (χ0v) is 30.7. The molecule has 0 spiro atoms. The second-order valence-corrected chi connectivity index (χ2v) is 14.4. The van der Waals surface area contributed by atoms with Crippen LogP contribution in [0.3, 0.4) is 0 Å². The van der Waals surface area contributed by atoms with Gasteiger partial charge in [0.15, 0.2) is 0 Å². The molecule has 1 atom stereocenters. The molecule has 280 valence electrons. The predicted octanol–water partition coefficient (Wildman–Crippen LogP) is 6.28. The van der Waals surface area contributed by atoms with Gasteiger partial charge in [-0.3, -0.25) is 39.1 Å². The van der Waals surface area contributed by atoms with Gasteiger partial charge >= 0.3 is 0 Å². The molecule has 2 N–H and O–H groups in total. The van der Waals surface area contributed by atoms with Crippen molar-refractivity contribution >= 4 is 51.7 Å². The van der Waals surface area contributed by atoms with Crippen LogP contribution < -0.4 is 20.3 Å². The summed E-state index contributed by atoms with van der Waals surface area (Å²) in [6.07, 6.45) is 9.10. The van der Waals surface area contributed by atoms with Gasteiger partial charge in [-0.2, -0.15) is 5.10 Å². The first-order chi connectivity index (χ1) is 27.2. The van der Waals surface area contributed by atoms with Gasteiger partial charge < -0.3 is 15.0 Å². The van der Waals surface area contributed by atoms with Gasteiger partial charge in [0, 0.05) is 53.7 Å². The maximum Gasteiger partial charge on any atom is 0.262 e. The van der Waals surface area contributed by atoms with Crippen LogP contribution in [0.4, 0.5) is 17.2 Å². The van der Waals surface area contributed by atoms with Crippen LogP contribution in [0.2, 0.25) is 0 Å². The third-order valence-electron chi connectivity index (χ3n) is 10.7. The van der Waals surface area contributed by atoms with Crippen molar-refractivity contribution in [1.29, 1.82) is 0 Å². The maximum absolute atomic E-state index is 13.4. The van der Waals surface area contributed by atoms with E-state index in [9.17, 15) is 19.2 Å².